The Morgan fingerprint density at radius 3 is 2.61 bits per heavy atom. The third-order valence-electron chi connectivity index (χ3n) is 4.75. The van der Waals surface area contributed by atoms with Crippen LogP contribution in [-0.4, -0.2) is 4.98 Å². The van der Waals surface area contributed by atoms with Crippen molar-refractivity contribution in [1.82, 2.24) is 4.98 Å². The topological polar surface area (TPSA) is 12.9 Å². The van der Waals surface area contributed by atoms with Crippen LogP contribution in [0.2, 0.25) is 5.02 Å². The van der Waals surface area contributed by atoms with Crippen LogP contribution in [0, 0.1) is 12.3 Å². The molecule has 96 valence electrons. The van der Waals surface area contributed by atoms with Crippen molar-refractivity contribution in [2.75, 3.05) is 0 Å². The maximum atomic E-state index is 6.04. The lowest BCUT2D eigenvalue weighted by Gasteiger charge is -2.32. The number of aromatic nitrogens is 1. The van der Waals surface area contributed by atoms with Gasteiger partial charge in [0.2, 0.25) is 0 Å². The van der Waals surface area contributed by atoms with Gasteiger partial charge in [0.25, 0.3) is 0 Å². The van der Waals surface area contributed by atoms with E-state index >= 15 is 0 Å². The van der Waals surface area contributed by atoms with Crippen LogP contribution in [0.5, 0.6) is 0 Å². The number of aryl methyl sites for hydroxylation is 1. The van der Waals surface area contributed by atoms with Gasteiger partial charge in [-0.25, -0.2) is 0 Å². The zero-order chi connectivity index (χ0) is 12.6. The van der Waals surface area contributed by atoms with Gasteiger partial charge in [-0.3, -0.25) is 4.98 Å². The van der Waals surface area contributed by atoms with Gasteiger partial charge in [-0.2, -0.15) is 0 Å². The van der Waals surface area contributed by atoms with Crippen LogP contribution in [-0.2, 0) is 0 Å². The first kappa shape index (κ1) is 12.2. The minimum atomic E-state index is 0.644. The summed E-state index contributed by atoms with van der Waals surface area (Å²) in [6.07, 6.45) is 13.7. The number of halogens is 1. The molecule has 1 spiro atoms. The van der Waals surface area contributed by atoms with Crippen molar-refractivity contribution in [2.45, 2.75) is 51.9 Å². The molecule has 0 aliphatic heterocycles. The second-order valence-corrected chi connectivity index (χ2v) is 6.37. The van der Waals surface area contributed by atoms with Gasteiger partial charge < -0.3 is 0 Å². The summed E-state index contributed by atoms with van der Waals surface area (Å²) in [6.45, 7) is 2.05. The summed E-state index contributed by atoms with van der Waals surface area (Å²) in [6, 6.07) is 2.13. The zero-order valence-corrected chi connectivity index (χ0v) is 11.8. The molecule has 1 saturated carbocycles. The first-order chi connectivity index (χ1) is 8.69. The van der Waals surface area contributed by atoms with Crippen LogP contribution < -0.4 is 0 Å². The van der Waals surface area contributed by atoms with E-state index in [1.165, 1.54) is 50.5 Å². The van der Waals surface area contributed by atoms with Crippen LogP contribution >= 0.6 is 11.6 Å². The Kier molecular flexibility index (Phi) is 3.19. The fourth-order valence-corrected chi connectivity index (χ4v) is 3.57. The Labute approximate surface area is 114 Å². The monoisotopic (exact) mass is 261 g/mol. The largest absolute Gasteiger partial charge is 0.255 e. The molecule has 18 heavy (non-hydrogen) atoms. The lowest BCUT2D eigenvalue weighted by atomic mass is 9.73. The summed E-state index contributed by atoms with van der Waals surface area (Å²) in [5, 5.41) is 0.766. The van der Waals surface area contributed by atoms with Crippen LogP contribution in [0.1, 0.15) is 56.2 Å². The number of pyridine rings is 1. The summed E-state index contributed by atoms with van der Waals surface area (Å²) in [4.78, 5) is 4.48. The number of nitrogens with zero attached hydrogens (tertiary/aromatic N) is 1. The molecule has 1 fully saturated rings. The van der Waals surface area contributed by atoms with Gasteiger partial charge in [-0.1, -0.05) is 30.5 Å². The Morgan fingerprint density at radius 2 is 2.00 bits per heavy atom. The van der Waals surface area contributed by atoms with E-state index in [9.17, 15) is 0 Å². The van der Waals surface area contributed by atoms with Gasteiger partial charge in [-0.05, 0) is 61.6 Å². The van der Waals surface area contributed by atoms with E-state index in [1.54, 1.807) is 6.20 Å². The highest BCUT2D eigenvalue weighted by Gasteiger charge is 2.34. The molecule has 1 aromatic rings. The number of rotatable bonds is 1. The van der Waals surface area contributed by atoms with Gasteiger partial charge in [0.1, 0.15) is 0 Å². The number of hydrogen-bond acceptors (Lipinski definition) is 1. The van der Waals surface area contributed by atoms with Crippen molar-refractivity contribution in [3.63, 3.8) is 0 Å². The van der Waals surface area contributed by atoms with Crippen molar-refractivity contribution < 1.29 is 0 Å². The molecular weight excluding hydrogens is 242 g/mol. The lowest BCUT2D eigenvalue weighted by Crippen LogP contribution is -2.18. The van der Waals surface area contributed by atoms with E-state index in [0.29, 0.717) is 5.41 Å². The summed E-state index contributed by atoms with van der Waals surface area (Å²) in [5.41, 5.74) is 4.33. The molecule has 2 aliphatic rings. The zero-order valence-electron chi connectivity index (χ0n) is 11.0. The summed E-state index contributed by atoms with van der Waals surface area (Å²) >= 11 is 6.04. The van der Waals surface area contributed by atoms with E-state index < -0.39 is 0 Å². The fourth-order valence-electron chi connectivity index (χ4n) is 3.47. The maximum absolute atomic E-state index is 6.04. The molecule has 0 radical (unpaired) electrons. The van der Waals surface area contributed by atoms with Crippen LogP contribution in [0.3, 0.4) is 0 Å². The molecule has 1 aromatic heterocycles. The molecule has 0 saturated heterocycles. The van der Waals surface area contributed by atoms with Crippen molar-refractivity contribution >= 4 is 17.2 Å². The normalized spacial score (nSPS) is 22.2. The molecule has 3 rings (SSSR count). The SMILES string of the molecule is Cc1cc(C2=CCC3(CCCC3)CC2)ncc1Cl. The highest BCUT2D eigenvalue weighted by Crippen LogP contribution is 2.49. The summed E-state index contributed by atoms with van der Waals surface area (Å²) in [5.74, 6) is 0. The predicted octanol–water partition coefficient (Wildman–Crippen LogP) is 5.17. The van der Waals surface area contributed by atoms with Crippen molar-refractivity contribution in [3.05, 3.63) is 34.6 Å². The van der Waals surface area contributed by atoms with Crippen molar-refractivity contribution in [3.8, 4) is 0 Å². The number of hydrogen-bond donors (Lipinski definition) is 0. The minimum absolute atomic E-state index is 0.644. The Hall–Kier alpha value is -0.820. The van der Waals surface area contributed by atoms with Crippen LogP contribution in [0.25, 0.3) is 5.57 Å². The Bertz CT molecular complexity index is 484. The van der Waals surface area contributed by atoms with Gasteiger partial charge in [0.05, 0.1) is 10.7 Å². The molecule has 0 amide bonds. The van der Waals surface area contributed by atoms with Crippen LogP contribution in [0.15, 0.2) is 18.3 Å². The van der Waals surface area contributed by atoms with Crippen LogP contribution in [0.4, 0.5) is 0 Å². The molecule has 2 aliphatic carbocycles. The second kappa shape index (κ2) is 4.70. The van der Waals surface area contributed by atoms with Crippen molar-refractivity contribution in [1.29, 1.82) is 0 Å². The van der Waals surface area contributed by atoms with E-state index in [0.717, 1.165) is 16.3 Å². The van der Waals surface area contributed by atoms with Gasteiger partial charge in [0.15, 0.2) is 0 Å². The molecule has 0 aromatic carbocycles. The Balaban J connectivity index is 1.81. The molecular formula is C16H20ClN. The highest BCUT2D eigenvalue weighted by atomic mass is 35.5. The van der Waals surface area contributed by atoms with Gasteiger partial charge in [0, 0.05) is 6.20 Å². The smallest absolute Gasteiger partial charge is 0.0662 e. The Morgan fingerprint density at radius 1 is 1.22 bits per heavy atom. The first-order valence-corrected chi connectivity index (χ1v) is 7.38. The van der Waals surface area contributed by atoms with E-state index in [2.05, 4.69) is 24.1 Å². The third-order valence-corrected chi connectivity index (χ3v) is 5.14. The van der Waals surface area contributed by atoms with Crippen molar-refractivity contribution in [2.24, 2.45) is 5.41 Å². The average Bonchev–Trinajstić information content (AvgIpc) is 2.82. The van der Waals surface area contributed by atoms with Gasteiger partial charge >= 0.3 is 0 Å². The minimum Gasteiger partial charge on any atom is -0.255 e. The van der Waals surface area contributed by atoms with Gasteiger partial charge in [-0.15, -0.1) is 0 Å². The quantitative estimate of drug-likeness (QED) is 0.680. The molecule has 0 unspecified atom stereocenters. The second-order valence-electron chi connectivity index (χ2n) is 5.96. The van der Waals surface area contributed by atoms with E-state index in [4.69, 9.17) is 11.6 Å². The van der Waals surface area contributed by atoms with E-state index in [-0.39, 0.29) is 0 Å². The maximum Gasteiger partial charge on any atom is 0.0662 e. The first-order valence-electron chi connectivity index (χ1n) is 7.00. The molecule has 0 bridgehead atoms. The molecule has 0 N–H and O–H groups in total. The molecule has 2 heteroatoms. The highest BCUT2D eigenvalue weighted by molar-refractivity contribution is 6.31. The summed E-state index contributed by atoms with van der Waals surface area (Å²) in [7, 11) is 0. The number of allylic oxidation sites excluding steroid dienone is 2. The predicted molar refractivity (Wildman–Crippen MR) is 76.7 cm³/mol. The third kappa shape index (κ3) is 2.21. The standard InChI is InChI=1S/C16H20ClN/c1-12-10-15(18-11-14(12)17)13-4-8-16(9-5-13)6-2-3-7-16/h4,10-11H,2-3,5-9H2,1H3. The molecule has 1 heterocycles. The molecule has 0 atom stereocenters. The van der Waals surface area contributed by atoms with E-state index in [1.807, 2.05) is 0 Å². The fraction of sp³-hybridized carbons (Fsp3) is 0.562. The average molecular weight is 262 g/mol. The lowest BCUT2D eigenvalue weighted by molar-refractivity contribution is 0.270. The molecule has 1 nitrogen and oxygen atoms in total. The summed E-state index contributed by atoms with van der Waals surface area (Å²) < 4.78 is 0.